The van der Waals surface area contributed by atoms with Gasteiger partial charge >= 0.3 is 0 Å². The summed E-state index contributed by atoms with van der Waals surface area (Å²) in [6.45, 7) is 8.43. The van der Waals surface area contributed by atoms with Crippen LogP contribution in [0.3, 0.4) is 0 Å². The lowest BCUT2D eigenvalue weighted by molar-refractivity contribution is 0.277. The van der Waals surface area contributed by atoms with Gasteiger partial charge in [0.1, 0.15) is 0 Å². The van der Waals surface area contributed by atoms with E-state index in [1.54, 1.807) is 0 Å². The fourth-order valence-electron chi connectivity index (χ4n) is 2.89. The molecule has 1 aromatic heterocycles. The van der Waals surface area contributed by atoms with E-state index in [1.165, 1.54) is 35.8 Å². The van der Waals surface area contributed by atoms with Gasteiger partial charge in [0.2, 0.25) is 0 Å². The van der Waals surface area contributed by atoms with Crippen molar-refractivity contribution in [2.45, 2.75) is 65.6 Å². The first-order chi connectivity index (χ1) is 8.63. The van der Waals surface area contributed by atoms with Crippen LogP contribution >= 0.6 is 15.9 Å². The van der Waals surface area contributed by atoms with Crippen LogP contribution in [-0.2, 0) is 13.1 Å². The van der Waals surface area contributed by atoms with Crippen molar-refractivity contribution in [2.24, 2.45) is 5.92 Å². The third-order valence-corrected chi connectivity index (χ3v) is 5.13. The van der Waals surface area contributed by atoms with E-state index in [0.29, 0.717) is 6.04 Å². The van der Waals surface area contributed by atoms with E-state index >= 15 is 0 Å². The van der Waals surface area contributed by atoms with E-state index < -0.39 is 0 Å². The molecule has 0 saturated heterocycles. The molecule has 1 aliphatic rings. The van der Waals surface area contributed by atoms with Gasteiger partial charge in [-0.1, -0.05) is 19.8 Å². The zero-order valence-corrected chi connectivity index (χ0v) is 13.3. The monoisotopic (exact) mass is 313 g/mol. The average molecular weight is 314 g/mol. The Kier molecular flexibility index (Phi) is 4.84. The van der Waals surface area contributed by atoms with Gasteiger partial charge in [0.25, 0.3) is 0 Å². The van der Waals surface area contributed by atoms with Crippen LogP contribution in [0, 0.1) is 12.8 Å². The summed E-state index contributed by atoms with van der Waals surface area (Å²) in [5.74, 6) is 0.802. The second-order valence-corrected chi connectivity index (χ2v) is 6.20. The number of hydrogen-bond acceptors (Lipinski definition) is 2. The Morgan fingerprint density at radius 3 is 2.78 bits per heavy atom. The lowest BCUT2D eigenvalue weighted by Crippen LogP contribution is -2.37. The molecule has 0 amide bonds. The predicted octanol–water partition coefficient (Wildman–Crippen LogP) is 3.64. The molecule has 1 aromatic rings. The largest absolute Gasteiger partial charge is 0.308 e. The molecule has 1 saturated carbocycles. The molecule has 0 spiro atoms. The SMILES string of the molecule is CCn1nc(C)c(Br)c1CNC1CCCCC1C. The number of aromatic nitrogens is 2. The van der Waals surface area contributed by atoms with Crippen LogP contribution in [0.4, 0.5) is 0 Å². The third kappa shape index (κ3) is 2.97. The van der Waals surface area contributed by atoms with Crippen LogP contribution in [0.25, 0.3) is 0 Å². The van der Waals surface area contributed by atoms with Crippen molar-refractivity contribution < 1.29 is 0 Å². The normalized spacial score (nSPS) is 24.4. The number of hydrogen-bond donors (Lipinski definition) is 1. The van der Waals surface area contributed by atoms with Crippen LogP contribution < -0.4 is 5.32 Å². The molecule has 0 bridgehead atoms. The zero-order valence-electron chi connectivity index (χ0n) is 11.7. The van der Waals surface area contributed by atoms with Gasteiger partial charge < -0.3 is 5.32 Å². The Morgan fingerprint density at radius 1 is 1.39 bits per heavy atom. The highest BCUT2D eigenvalue weighted by Gasteiger charge is 2.21. The summed E-state index contributed by atoms with van der Waals surface area (Å²) in [5, 5.41) is 8.27. The number of halogens is 1. The van der Waals surface area contributed by atoms with Gasteiger partial charge in [-0.15, -0.1) is 0 Å². The smallest absolute Gasteiger partial charge is 0.0739 e. The van der Waals surface area contributed by atoms with Gasteiger partial charge in [-0.05, 0) is 48.5 Å². The molecular formula is C14H24BrN3. The van der Waals surface area contributed by atoms with Gasteiger partial charge in [0.15, 0.2) is 0 Å². The molecule has 0 aliphatic heterocycles. The van der Waals surface area contributed by atoms with E-state index in [4.69, 9.17) is 0 Å². The molecule has 2 rings (SSSR count). The summed E-state index contributed by atoms with van der Waals surface area (Å²) in [7, 11) is 0. The highest BCUT2D eigenvalue weighted by atomic mass is 79.9. The summed E-state index contributed by atoms with van der Waals surface area (Å²) in [4.78, 5) is 0. The van der Waals surface area contributed by atoms with Crippen molar-refractivity contribution in [3.8, 4) is 0 Å². The van der Waals surface area contributed by atoms with Crippen molar-refractivity contribution in [3.05, 3.63) is 15.9 Å². The molecular weight excluding hydrogens is 290 g/mol. The van der Waals surface area contributed by atoms with Crippen LogP contribution in [0.1, 0.15) is 50.9 Å². The van der Waals surface area contributed by atoms with Gasteiger partial charge in [-0.2, -0.15) is 5.10 Å². The first kappa shape index (κ1) is 14.1. The van der Waals surface area contributed by atoms with Crippen molar-refractivity contribution in [1.82, 2.24) is 15.1 Å². The maximum atomic E-state index is 4.54. The van der Waals surface area contributed by atoms with Crippen LogP contribution in [0.5, 0.6) is 0 Å². The van der Waals surface area contributed by atoms with Gasteiger partial charge in [0.05, 0.1) is 15.9 Å². The Morgan fingerprint density at radius 2 is 2.11 bits per heavy atom. The Labute approximate surface area is 118 Å². The topological polar surface area (TPSA) is 29.9 Å². The van der Waals surface area contributed by atoms with E-state index in [9.17, 15) is 0 Å². The maximum Gasteiger partial charge on any atom is 0.0739 e. The lowest BCUT2D eigenvalue weighted by atomic mass is 9.86. The molecule has 3 nitrogen and oxygen atoms in total. The van der Waals surface area contributed by atoms with Crippen molar-refractivity contribution in [3.63, 3.8) is 0 Å². The summed E-state index contributed by atoms with van der Waals surface area (Å²) in [6.07, 6.45) is 5.45. The summed E-state index contributed by atoms with van der Waals surface area (Å²) < 4.78 is 3.26. The van der Waals surface area contributed by atoms with Crippen LogP contribution in [0.2, 0.25) is 0 Å². The summed E-state index contributed by atoms with van der Waals surface area (Å²) >= 11 is 3.66. The maximum absolute atomic E-state index is 4.54. The highest BCUT2D eigenvalue weighted by molar-refractivity contribution is 9.10. The van der Waals surface area contributed by atoms with Crippen LogP contribution in [-0.4, -0.2) is 15.8 Å². The Hall–Kier alpha value is -0.350. The molecule has 1 fully saturated rings. The predicted molar refractivity (Wildman–Crippen MR) is 78.6 cm³/mol. The molecule has 1 aliphatic carbocycles. The summed E-state index contributed by atoms with van der Waals surface area (Å²) in [6, 6.07) is 0.672. The molecule has 102 valence electrons. The second-order valence-electron chi connectivity index (χ2n) is 5.41. The Bertz CT molecular complexity index is 400. The first-order valence-electron chi connectivity index (χ1n) is 7.08. The lowest BCUT2D eigenvalue weighted by Gasteiger charge is -2.29. The molecule has 1 N–H and O–H groups in total. The quantitative estimate of drug-likeness (QED) is 0.919. The average Bonchev–Trinajstić information content (AvgIpc) is 2.65. The second kappa shape index (κ2) is 6.20. The molecule has 0 radical (unpaired) electrons. The zero-order chi connectivity index (χ0) is 13.1. The van der Waals surface area contributed by atoms with E-state index in [1.807, 2.05) is 0 Å². The number of rotatable bonds is 4. The van der Waals surface area contributed by atoms with Gasteiger partial charge in [-0.3, -0.25) is 4.68 Å². The molecule has 1 heterocycles. The van der Waals surface area contributed by atoms with Gasteiger partial charge in [-0.25, -0.2) is 0 Å². The third-order valence-electron chi connectivity index (χ3n) is 4.10. The number of aryl methyl sites for hydroxylation is 2. The number of nitrogens with one attached hydrogen (secondary N) is 1. The highest BCUT2D eigenvalue weighted by Crippen LogP contribution is 2.25. The van der Waals surface area contributed by atoms with E-state index in [-0.39, 0.29) is 0 Å². The molecule has 2 atom stereocenters. The fraction of sp³-hybridized carbons (Fsp3) is 0.786. The van der Waals surface area contributed by atoms with E-state index in [0.717, 1.165) is 24.7 Å². The summed E-state index contributed by atoms with van der Waals surface area (Å²) in [5.41, 5.74) is 2.37. The Balaban J connectivity index is 2.01. The minimum atomic E-state index is 0.672. The minimum Gasteiger partial charge on any atom is -0.308 e. The van der Waals surface area contributed by atoms with E-state index in [2.05, 4.69) is 51.8 Å². The standard InChI is InChI=1S/C14H24BrN3/c1-4-18-13(14(15)11(3)17-18)9-16-12-8-6-5-7-10(12)2/h10,12,16H,4-9H2,1-3H3. The molecule has 0 aromatic carbocycles. The fourth-order valence-corrected chi connectivity index (χ4v) is 3.31. The molecule has 18 heavy (non-hydrogen) atoms. The van der Waals surface area contributed by atoms with Crippen LogP contribution in [0.15, 0.2) is 4.47 Å². The molecule has 4 heteroatoms. The number of nitrogens with zero attached hydrogens (tertiary/aromatic N) is 2. The first-order valence-corrected chi connectivity index (χ1v) is 7.88. The van der Waals surface area contributed by atoms with Crippen molar-refractivity contribution in [1.29, 1.82) is 0 Å². The van der Waals surface area contributed by atoms with Crippen molar-refractivity contribution >= 4 is 15.9 Å². The van der Waals surface area contributed by atoms with Gasteiger partial charge in [0, 0.05) is 19.1 Å². The minimum absolute atomic E-state index is 0.672. The molecule has 2 unspecified atom stereocenters. The van der Waals surface area contributed by atoms with Crippen molar-refractivity contribution in [2.75, 3.05) is 0 Å².